The fourth-order valence-electron chi connectivity index (χ4n) is 3.95. The van der Waals surface area contributed by atoms with Gasteiger partial charge in [0.1, 0.15) is 18.1 Å². The van der Waals surface area contributed by atoms with Crippen molar-refractivity contribution in [2.45, 2.75) is 108 Å². The molecule has 0 aromatic rings. The van der Waals surface area contributed by atoms with E-state index < -0.39 is 54.5 Å². The highest BCUT2D eigenvalue weighted by molar-refractivity contribution is 5.86. The van der Waals surface area contributed by atoms with E-state index in [-0.39, 0.29) is 57.0 Å². The maximum atomic E-state index is 12.0. The molecule has 8 N–H and O–H groups in total. The van der Waals surface area contributed by atoms with Crippen LogP contribution in [0, 0.1) is 0 Å². The zero-order valence-corrected chi connectivity index (χ0v) is 24.5. The number of carbonyl (C=O) groups is 7. The van der Waals surface area contributed by atoms with Crippen molar-refractivity contribution in [3.63, 3.8) is 0 Å². The first-order valence-electron chi connectivity index (χ1n) is 14.4. The van der Waals surface area contributed by atoms with Gasteiger partial charge in [-0.05, 0) is 56.9 Å². The van der Waals surface area contributed by atoms with Gasteiger partial charge in [0.15, 0.2) is 0 Å². The predicted octanol–water partition coefficient (Wildman–Crippen LogP) is 1.73. The van der Waals surface area contributed by atoms with E-state index in [4.69, 9.17) is 15.7 Å². The average molecular weight is 630 g/mol. The summed E-state index contributed by atoms with van der Waals surface area (Å²) < 4.78 is 0. The van der Waals surface area contributed by atoms with Crippen LogP contribution in [0.3, 0.4) is 0 Å². The first-order chi connectivity index (χ1) is 20.9. The summed E-state index contributed by atoms with van der Waals surface area (Å²) in [5.41, 5.74) is 8.23. The standard InChI is InChI=1S/C26H43N7O11/c27-33-29-16-8-6-9-17(23(38)39)30-21(35)12-4-2-1-3-11-20(34)28-15-7-5-10-18(24(40)41)31-26(44)32-19(25(42)43)13-14-22(36)37/h17-19H,1-16H2,(H,28,34)(H,30,35)(H,36,37)(H,38,39)(H,40,41)(H,42,43)(H2,31,32,44). The van der Waals surface area contributed by atoms with E-state index in [9.17, 15) is 43.8 Å². The summed E-state index contributed by atoms with van der Waals surface area (Å²) in [6.45, 7) is 0.547. The lowest BCUT2D eigenvalue weighted by molar-refractivity contribution is -0.142. The first-order valence-corrected chi connectivity index (χ1v) is 14.4. The lowest BCUT2D eigenvalue weighted by atomic mass is 10.1. The number of carboxylic acids is 4. The third-order valence-corrected chi connectivity index (χ3v) is 6.35. The summed E-state index contributed by atoms with van der Waals surface area (Å²) in [6, 6.07) is -4.86. The van der Waals surface area contributed by atoms with Crippen molar-refractivity contribution < 1.29 is 54.0 Å². The van der Waals surface area contributed by atoms with Crippen molar-refractivity contribution >= 4 is 41.7 Å². The summed E-state index contributed by atoms with van der Waals surface area (Å²) in [4.78, 5) is 83.3. The van der Waals surface area contributed by atoms with Gasteiger partial charge >= 0.3 is 29.9 Å². The van der Waals surface area contributed by atoms with Crippen LogP contribution in [0.15, 0.2) is 5.11 Å². The maximum absolute atomic E-state index is 12.0. The number of amides is 4. The van der Waals surface area contributed by atoms with Crippen LogP contribution >= 0.6 is 0 Å². The number of hydrogen-bond acceptors (Lipinski definition) is 8. The van der Waals surface area contributed by atoms with Crippen LogP contribution in [0.4, 0.5) is 4.79 Å². The molecule has 44 heavy (non-hydrogen) atoms. The predicted molar refractivity (Wildman–Crippen MR) is 153 cm³/mol. The van der Waals surface area contributed by atoms with Gasteiger partial charge in [-0.1, -0.05) is 24.4 Å². The van der Waals surface area contributed by atoms with Crippen molar-refractivity contribution in [1.29, 1.82) is 0 Å². The molecule has 0 saturated carbocycles. The highest BCUT2D eigenvalue weighted by Gasteiger charge is 2.25. The van der Waals surface area contributed by atoms with Crippen LogP contribution in [0.1, 0.15) is 89.9 Å². The van der Waals surface area contributed by atoms with Crippen LogP contribution in [-0.2, 0) is 28.8 Å². The van der Waals surface area contributed by atoms with Crippen LogP contribution in [-0.4, -0.2) is 93.4 Å². The van der Waals surface area contributed by atoms with E-state index in [1.54, 1.807) is 0 Å². The Bertz CT molecular complexity index is 1020. The Morgan fingerprint density at radius 2 is 1.09 bits per heavy atom. The number of nitrogens with zero attached hydrogens (tertiary/aromatic N) is 3. The van der Waals surface area contributed by atoms with E-state index in [1.165, 1.54) is 0 Å². The highest BCUT2D eigenvalue weighted by atomic mass is 16.4. The van der Waals surface area contributed by atoms with Gasteiger partial charge in [0.05, 0.1) is 0 Å². The van der Waals surface area contributed by atoms with Crippen LogP contribution in [0.5, 0.6) is 0 Å². The monoisotopic (exact) mass is 629 g/mol. The fraction of sp³-hybridized carbons (Fsp3) is 0.731. The molecule has 18 heteroatoms. The molecule has 3 unspecified atom stereocenters. The molecule has 0 spiro atoms. The van der Waals surface area contributed by atoms with E-state index >= 15 is 0 Å². The summed E-state index contributed by atoms with van der Waals surface area (Å²) in [5.74, 6) is -5.72. The van der Waals surface area contributed by atoms with E-state index in [0.717, 1.165) is 0 Å². The van der Waals surface area contributed by atoms with Crippen molar-refractivity contribution in [1.82, 2.24) is 21.3 Å². The van der Waals surface area contributed by atoms with Gasteiger partial charge in [-0.3, -0.25) is 14.4 Å². The van der Waals surface area contributed by atoms with Gasteiger partial charge in [0.25, 0.3) is 0 Å². The number of urea groups is 1. The van der Waals surface area contributed by atoms with Gasteiger partial charge in [-0.2, -0.15) is 0 Å². The number of hydrogen-bond donors (Lipinski definition) is 8. The molecule has 0 rings (SSSR count). The summed E-state index contributed by atoms with van der Waals surface area (Å²) in [5, 5.41) is 49.1. The minimum Gasteiger partial charge on any atom is -0.481 e. The van der Waals surface area contributed by atoms with Gasteiger partial charge in [-0.15, -0.1) is 0 Å². The van der Waals surface area contributed by atoms with Crippen molar-refractivity contribution in [2.24, 2.45) is 5.11 Å². The Morgan fingerprint density at radius 1 is 0.591 bits per heavy atom. The molecule has 0 saturated heterocycles. The molecule has 0 aliphatic carbocycles. The normalized spacial score (nSPS) is 12.5. The zero-order chi connectivity index (χ0) is 33.3. The van der Waals surface area contributed by atoms with Crippen LogP contribution in [0.2, 0.25) is 0 Å². The van der Waals surface area contributed by atoms with Gasteiger partial charge in [0.2, 0.25) is 11.8 Å². The molecule has 18 nitrogen and oxygen atoms in total. The van der Waals surface area contributed by atoms with Crippen LogP contribution in [0.25, 0.3) is 10.4 Å². The largest absolute Gasteiger partial charge is 0.481 e. The molecule has 4 amide bonds. The smallest absolute Gasteiger partial charge is 0.326 e. The summed E-state index contributed by atoms with van der Waals surface area (Å²) in [7, 11) is 0. The Labute approximate surface area is 254 Å². The van der Waals surface area contributed by atoms with Gasteiger partial charge in [-0.25, -0.2) is 19.2 Å². The second kappa shape index (κ2) is 23.9. The molecular formula is C26H43N7O11. The van der Waals surface area contributed by atoms with Crippen molar-refractivity contribution in [2.75, 3.05) is 13.1 Å². The Balaban J connectivity index is 4.11. The number of rotatable bonds is 26. The molecule has 0 aromatic carbocycles. The molecule has 248 valence electrons. The minimum absolute atomic E-state index is 0.0176. The molecule has 0 aliphatic rings. The van der Waals surface area contributed by atoms with E-state index in [0.29, 0.717) is 51.4 Å². The number of carbonyl (C=O) groups excluding carboxylic acids is 3. The molecule has 0 fully saturated rings. The summed E-state index contributed by atoms with van der Waals surface area (Å²) in [6.07, 6.45) is 4.07. The van der Waals surface area contributed by atoms with Crippen molar-refractivity contribution in [3.05, 3.63) is 10.4 Å². The molecular weight excluding hydrogens is 586 g/mol. The molecule has 0 bridgehead atoms. The molecule has 0 aromatic heterocycles. The number of unbranched alkanes of at least 4 members (excludes halogenated alkanes) is 5. The fourth-order valence-corrected chi connectivity index (χ4v) is 3.95. The number of carboxylic acid groups (broad SMARTS) is 4. The number of azide groups is 1. The van der Waals surface area contributed by atoms with Crippen LogP contribution < -0.4 is 21.3 Å². The lowest BCUT2D eigenvalue weighted by Gasteiger charge is -2.18. The molecule has 0 aliphatic heterocycles. The van der Waals surface area contributed by atoms with Crippen molar-refractivity contribution in [3.8, 4) is 0 Å². The Hall–Kier alpha value is -4.60. The topological polar surface area (TPSA) is 297 Å². The summed E-state index contributed by atoms with van der Waals surface area (Å²) >= 11 is 0. The number of nitrogens with one attached hydrogen (secondary N) is 4. The third kappa shape index (κ3) is 21.2. The average Bonchev–Trinajstić information content (AvgIpc) is 2.94. The first kappa shape index (κ1) is 39.4. The van der Waals surface area contributed by atoms with Gasteiger partial charge < -0.3 is 41.7 Å². The minimum atomic E-state index is -1.49. The van der Waals surface area contributed by atoms with Gasteiger partial charge in [0, 0.05) is 37.3 Å². The lowest BCUT2D eigenvalue weighted by Crippen LogP contribution is -2.51. The maximum Gasteiger partial charge on any atom is 0.326 e. The molecule has 0 radical (unpaired) electrons. The number of aliphatic carboxylic acids is 4. The highest BCUT2D eigenvalue weighted by Crippen LogP contribution is 2.08. The second-order valence-corrected chi connectivity index (χ2v) is 10.0. The quantitative estimate of drug-likeness (QED) is 0.0295. The third-order valence-electron chi connectivity index (χ3n) is 6.35. The molecule has 0 heterocycles. The Kier molecular flexibility index (Phi) is 21.4. The van der Waals surface area contributed by atoms with E-state index in [2.05, 4.69) is 26.0 Å². The second-order valence-electron chi connectivity index (χ2n) is 10.0. The SMILES string of the molecule is [N-]=[N+]=NCCCCC(NC(=O)CCCCCCC(=O)NCCCCC(NC(=O)NC(CCC(=O)O)C(=O)O)C(=O)O)C(=O)O. The zero-order valence-electron chi connectivity index (χ0n) is 24.5. The Morgan fingerprint density at radius 3 is 1.61 bits per heavy atom. The van der Waals surface area contributed by atoms with E-state index in [1.807, 2.05) is 5.32 Å². The molecule has 3 atom stereocenters.